The molecule has 0 atom stereocenters. The summed E-state index contributed by atoms with van der Waals surface area (Å²) >= 11 is 8.95. The molecule has 1 aliphatic heterocycles. The molecule has 2 heterocycles. The van der Waals surface area contributed by atoms with Crippen molar-refractivity contribution in [1.29, 1.82) is 0 Å². The number of hydrogen-bond acceptors (Lipinski definition) is 7. The second kappa shape index (κ2) is 8.15. The van der Waals surface area contributed by atoms with Gasteiger partial charge in [0.15, 0.2) is 4.34 Å². The highest BCUT2D eigenvalue weighted by Gasteiger charge is 2.17. The third-order valence-electron chi connectivity index (χ3n) is 3.60. The van der Waals surface area contributed by atoms with Crippen molar-refractivity contribution in [1.82, 2.24) is 15.1 Å². The van der Waals surface area contributed by atoms with Gasteiger partial charge < -0.3 is 15.0 Å². The van der Waals surface area contributed by atoms with Gasteiger partial charge in [-0.3, -0.25) is 4.79 Å². The number of nitrogens with one attached hydrogen (secondary N) is 1. The average Bonchev–Trinajstić information content (AvgIpc) is 3.05. The number of amides is 1. The first-order valence-corrected chi connectivity index (χ1v) is 9.65. The molecule has 1 fully saturated rings. The molecule has 128 valence electrons. The Morgan fingerprint density at radius 2 is 2.21 bits per heavy atom. The molecule has 1 amide bonds. The van der Waals surface area contributed by atoms with E-state index in [1.807, 2.05) is 30.0 Å². The number of anilines is 2. The van der Waals surface area contributed by atoms with E-state index in [-0.39, 0.29) is 5.91 Å². The third-order valence-corrected chi connectivity index (χ3v) is 5.96. The van der Waals surface area contributed by atoms with Crippen molar-refractivity contribution in [3.63, 3.8) is 0 Å². The van der Waals surface area contributed by atoms with E-state index in [0.29, 0.717) is 42.2 Å². The van der Waals surface area contributed by atoms with Crippen molar-refractivity contribution in [2.75, 3.05) is 37.4 Å². The fourth-order valence-electron chi connectivity index (χ4n) is 2.20. The second-order valence-electron chi connectivity index (χ2n) is 5.19. The van der Waals surface area contributed by atoms with Crippen LogP contribution in [0.25, 0.3) is 0 Å². The zero-order valence-corrected chi connectivity index (χ0v) is 15.5. The third kappa shape index (κ3) is 4.38. The van der Waals surface area contributed by atoms with Crippen LogP contribution in [0.3, 0.4) is 0 Å². The SMILES string of the molecule is Cc1c(Cl)cccc1Nc1nnc(SCC(=O)N2CCOCC2)s1. The number of carbonyl (C=O) groups excluding carboxylic acids is 1. The summed E-state index contributed by atoms with van der Waals surface area (Å²) in [5.41, 5.74) is 1.87. The molecule has 1 saturated heterocycles. The van der Waals surface area contributed by atoms with E-state index in [9.17, 15) is 4.79 Å². The molecule has 0 saturated carbocycles. The Morgan fingerprint density at radius 1 is 1.42 bits per heavy atom. The number of nitrogens with zero attached hydrogens (tertiary/aromatic N) is 3. The van der Waals surface area contributed by atoms with Gasteiger partial charge >= 0.3 is 0 Å². The van der Waals surface area contributed by atoms with E-state index in [1.165, 1.54) is 23.1 Å². The molecule has 1 N–H and O–H groups in total. The number of carbonyl (C=O) groups is 1. The van der Waals surface area contributed by atoms with Crippen LogP contribution in [0.15, 0.2) is 22.5 Å². The number of thioether (sulfide) groups is 1. The van der Waals surface area contributed by atoms with Gasteiger partial charge in [-0.2, -0.15) is 0 Å². The average molecular weight is 385 g/mol. The van der Waals surface area contributed by atoms with Crippen LogP contribution in [0.1, 0.15) is 5.56 Å². The van der Waals surface area contributed by atoms with E-state index in [1.54, 1.807) is 0 Å². The Kier molecular flexibility index (Phi) is 5.94. The maximum Gasteiger partial charge on any atom is 0.233 e. The lowest BCUT2D eigenvalue weighted by Crippen LogP contribution is -2.41. The Labute approximate surface area is 153 Å². The minimum Gasteiger partial charge on any atom is -0.378 e. The normalized spacial score (nSPS) is 14.7. The van der Waals surface area contributed by atoms with Gasteiger partial charge in [0.1, 0.15) is 0 Å². The van der Waals surface area contributed by atoms with Crippen LogP contribution in [0.4, 0.5) is 10.8 Å². The van der Waals surface area contributed by atoms with E-state index in [4.69, 9.17) is 16.3 Å². The molecule has 0 aliphatic carbocycles. The van der Waals surface area contributed by atoms with Crippen molar-refractivity contribution in [2.24, 2.45) is 0 Å². The molecule has 0 unspecified atom stereocenters. The number of aromatic nitrogens is 2. The minimum atomic E-state index is 0.110. The number of halogens is 1. The summed E-state index contributed by atoms with van der Waals surface area (Å²) in [4.78, 5) is 14.0. The van der Waals surface area contributed by atoms with Gasteiger partial charge in [-0.15, -0.1) is 10.2 Å². The fraction of sp³-hybridized carbons (Fsp3) is 0.400. The highest BCUT2D eigenvalue weighted by atomic mass is 35.5. The largest absolute Gasteiger partial charge is 0.378 e. The summed E-state index contributed by atoms with van der Waals surface area (Å²) < 4.78 is 6.01. The monoisotopic (exact) mass is 384 g/mol. The van der Waals surface area contributed by atoms with Gasteiger partial charge in [0.25, 0.3) is 0 Å². The molecule has 6 nitrogen and oxygen atoms in total. The smallest absolute Gasteiger partial charge is 0.233 e. The van der Waals surface area contributed by atoms with E-state index in [0.717, 1.165) is 15.6 Å². The molecule has 1 aromatic heterocycles. The fourth-order valence-corrected chi connectivity index (χ4v) is 4.05. The number of benzene rings is 1. The van der Waals surface area contributed by atoms with Crippen LogP contribution in [-0.2, 0) is 9.53 Å². The predicted molar refractivity (Wildman–Crippen MR) is 97.5 cm³/mol. The van der Waals surface area contributed by atoms with Crippen LogP contribution in [-0.4, -0.2) is 53.1 Å². The lowest BCUT2D eigenvalue weighted by molar-refractivity contribution is -0.132. The maximum atomic E-state index is 12.1. The summed E-state index contributed by atoms with van der Waals surface area (Å²) in [6, 6.07) is 5.67. The number of ether oxygens (including phenoxy) is 1. The number of hydrogen-bond donors (Lipinski definition) is 1. The van der Waals surface area contributed by atoms with Gasteiger partial charge in [0.05, 0.1) is 19.0 Å². The topological polar surface area (TPSA) is 67.4 Å². The minimum absolute atomic E-state index is 0.110. The van der Waals surface area contributed by atoms with Crippen molar-refractivity contribution in [2.45, 2.75) is 11.3 Å². The first-order valence-electron chi connectivity index (χ1n) is 7.47. The van der Waals surface area contributed by atoms with E-state index >= 15 is 0 Å². The molecule has 24 heavy (non-hydrogen) atoms. The molecule has 1 aliphatic rings. The van der Waals surface area contributed by atoms with E-state index < -0.39 is 0 Å². The van der Waals surface area contributed by atoms with Gasteiger partial charge in [-0.05, 0) is 24.6 Å². The van der Waals surface area contributed by atoms with E-state index in [2.05, 4.69) is 15.5 Å². The van der Waals surface area contributed by atoms with Gasteiger partial charge in [0.2, 0.25) is 11.0 Å². The predicted octanol–water partition coefficient (Wildman–Crippen LogP) is 3.19. The molecular formula is C15H17ClN4O2S2. The molecule has 2 aromatic rings. The Morgan fingerprint density at radius 3 is 3.00 bits per heavy atom. The van der Waals surface area contributed by atoms with Gasteiger partial charge in [-0.25, -0.2) is 0 Å². The van der Waals surface area contributed by atoms with Gasteiger partial charge in [0, 0.05) is 23.8 Å². The summed E-state index contributed by atoms with van der Waals surface area (Å²) in [6.45, 7) is 4.50. The summed E-state index contributed by atoms with van der Waals surface area (Å²) in [7, 11) is 0. The van der Waals surface area contributed by atoms with Crippen molar-refractivity contribution >= 4 is 51.4 Å². The lowest BCUT2D eigenvalue weighted by Gasteiger charge is -2.26. The molecule has 0 radical (unpaired) electrons. The first-order chi connectivity index (χ1) is 11.6. The Bertz CT molecular complexity index is 719. The van der Waals surface area contributed by atoms with Crippen LogP contribution >= 0.6 is 34.7 Å². The van der Waals surface area contributed by atoms with Crippen molar-refractivity contribution in [3.8, 4) is 0 Å². The van der Waals surface area contributed by atoms with Crippen LogP contribution in [0, 0.1) is 6.92 Å². The maximum absolute atomic E-state index is 12.1. The lowest BCUT2D eigenvalue weighted by atomic mass is 10.2. The Balaban J connectivity index is 1.55. The second-order valence-corrected chi connectivity index (χ2v) is 7.80. The summed E-state index contributed by atoms with van der Waals surface area (Å²) in [5, 5.41) is 12.8. The summed E-state index contributed by atoms with van der Waals surface area (Å²) in [5.74, 6) is 0.476. The van der Waals surface area contributed by atoms with Crippen molar-refractivity contribution < 1.29 is 9.53 Å². The zero-order chi connectivity index (χ0) is 16.9. The van der Waals surface area contributed by atoms with Crippen molar-refractivity contribution in [3.05, 3.63) is 28.8 Å². The standard InChI is InChI=1S/C15H17ClN4O2S2/c1-10-11(16)3-2-4-12(10)17-14-18-19-15(24-14)23-9-13(21)20-5-7-22-8-6-20/h2-4H,5-9H2,1H3,(H,17,18). The molecular weight excluding hydrogens is 368 g/mol. The molecule has 0 bridgehead atoms. The van der Waals surface area contributed by atoms with Crippen LogP contribution in [0.2, 0.25) is 5.02 Å². The van der Waals surface area contributed by atoms with Gasteiger partial charge in [-0.1, -0.05) is 40.8 Å². The summed E-state index contributed by atoms with van der Waals surface area (Å²) in [6.07, 6.45) is 0. The Hall–Kier alpha value is -1.35. The quantitative estimate of drug-likeness (QED) is 0.798. The molecule has 3 rings (SSSR count). The van der Waals surface area contributed by atoms with Crippen LogP contribution < -0.4 is 5.32 Å². The van der Waals surface area contributed by atoms with Crippen LogP contribution in [0.5, 0.6) is 0 Å². The highest BCUT2D eigenvalue weighted by molar-refractivity contribution is 8.01. The number of rotatable bonds is 5. The highest BCUT2D eigenvalue weighted by Crippen LogP contribution is 2.30. The molecule has 9 heteroatoms. The molecule has 0 spiro atoms. The zero-order valence-electron chi connectivity index (χ0n) is 13.1. The first kappa shape index (κ1) is 17.5. The molecule has 1 aromatic carbocycles. The number of morpholine rings is 1.